The van der Waals surface area contributed by atoms with Crippen molar-refractivity contribution < 1.29 is 18.9 Å². The average molecular weight is 325 g/mol. The van der Waals surface area contributed by atoms with E-state index < -0.39 is 0 Å². The molecule has 0 amide bonds. The van der Waals surface area contributed by atoms with Gasteiger partial charge in [-0.1, -0.05) is 18.2 Å². The summed E-state index contributed by atoms with van der Waals surface area (Å²) < 4.78 is 21.0. The maximum absolute atomic E-state index is 9.44. The van der Waals surface area contributed by atoms with Crippen molar-refractivity contribution in [3.8, 4) is 29.1 Å². The van der Waals surface area contributed by atoms with E-state index in [-0.39, 0.29) is 0 Å². The third-order valence-electron chi connectivity index (χ3n) is 3.55. The van der Waals surface area contributed by atoms with Crippen LogP contribution in [0.5, 0.6) is 23.0 Å². The van der Waals surface area contributed by atoms with E-state index in [4.69, 9.17) is 18.9 Å². The summed E-state index contributed by atoms with van der Waals surface area (Å²) in [6.45, 7) is 0. The van der Waals surface area contributed by atoms with Crippen molar-refractivity contribution in [3.63, 3.8) is 0 Å². The van der Waals surface area contributed by atoms with Crippen molar-refractivity contribution in [2.45, 2.75) is 0 Å². The molecule has 0 saturated carbocycles. The molecule has 2 aromatic carbocycles. The van der Waals surface area contributed by atoms with E-state index in [2.05, 4.69) is 6.07 Å². The lowest BCUT2D eigenvalue weighted by molar-refractivity contribution is 0.354. The highest BCUT2D eigenvalue weighted by atomic mass is 16.5. The molecular weight excluding hydrogens is 306 g/mol. The van der Waals surface area contributed by atoms with Gasteiger partial charge in [-0.05, 0) is 35.4 Å². The van der Waals surface area contributed by atoms with E-state index in [1.54, 1.807) is 20.3 Å². The van der Waals surface area contributed by atoms with Crippen LogP contribution in [0.25, 0.3) is 12.2 Å². The van der Waals surface area contributed by atoms with Crippen LogP contribution in [0.4, 0.5) is 0 Å². The summed E-state index contributed by atoms with van der Waals surface area (Å²) in [6, 6.07) is 11.4. The lowest BCUT2D eigenvalue weighted by Gasteiger charge is -2.11. The van der Waals surface area contributed by atoms with Crippen LogP contribution < -0.4 is 18.9 Å². The molecule has 5 heteroatoms. The van der Waals surface area contributed by atoms with E-state index >= 15 is 0 Å². The first-order chi connectivity index (χ1) is 11.7. The minimum absolute atomic E-state index is 0.425. The molecule has 124 valence electrons. The van der Waals surface area contributed by atoms with Crippen LogP contribution in [-0.4, -0.2) is 28.4 Å². The topological polar surface area (TPSA) is 60.7 Å². The summed E-state index contributed by atoms with van der Waals surface area (Å²) >= 11 is 0. The van der Waals surface area contributed by atoms with E-state index in [0.29, 0.717) is 28.6 Å². The third-order valence-corrected chi connectivity index (χ3v) is 3.55. The SMILES string of the molecule is COc1ccc(C=Cc2ccc(OC)c(OC)c2C#N)cc1OC. The fraction of sp³-hybridized carbons (Fsp3) is 0.211. The van der Waals surface area contributed by atoms with Gasteiger partial charge < -0.3 is 18.9 Å². The number of rotatable bonds is 6. The highest BCUT2D eigenvalue weighted by molar-refractivity contribution is 5.76. The van der Waals surface area contributed by atoms with E-state index in [0.717, 1.165) is 11.1 Å². The molecule has 0 aliphatic rings. The lowest BCUT2D eigenvalue weighted by atomic mass is 10.0. The summed E-state index contributed by atoms with van der Waals surface area (Å²) in [5.74, 6) is 2.26. The van der Waals surface area contributed by atoms with Crippen molar-refractivity contribution in [3.05, 3.63) is 47.0 Å². The Hall–Kier alpha value is -3.13. The van der Waals surface area contributed by atoms with Crippen LogP contribution in [0.2, 0.25) is 0 Å². The number of nitriles is 1. The summed E-state index contributed by atoms with van der Waals surface area (Å²) in [7, 11) is 6.24. The molecule has 0 aliphatic heterocycles. The zero-order chi connectivity index (χ0) is 17.5. The maximum atomic E-state index is 9.44. The number of nitrogens with zero attached hydrogens (tertiary/aromatic N) is 1. The Morgan fingerprint density at radius 3 is 2.04 bits per heavy atom. The number of ether oxygens (including phenoxy) is 4. The molecule has 0 N–H and O–H groups in total. The molecule has 0 aromatic heterocycles. The van der Waals surface area contributed by atoms with Gasteiger partial charge in [0.15, 0.2) is 23.0 Å². The first-order valence-corrected chi connectivity index (χ1v) is 7.23. The normalized spacial score (nSPS) is 10.3. The molecule has 0 spiro atoms. The van der Waals surface area contributed by atoms with Crippen molar-refractivity contribution in [2.75, 3.05) is 28.4 Å². The Balaban J connectivity index is 2.41. The molecule has 0 radical (unpaired) electrons. The van der Waals surface area contributed by atoms with Crippen molar-refractivity contribution in [1.82, 2.24) is 0 Å². The van der Waals surface area contributed by atoms with Crippen LogP contribution in [0.3, 0.4) is 0 Å². The third kappa shape index (κ3) is 3.44. The Kier molecular flexibility index (Phi) is 5.69. The smallest absolute Gasteiger partial charge is 0.179 e. The van der Waals surface area contributed by atoms with E-state index in [9.17, 15) is 5.26 Å². The molecule has 2 aromatic rings. The number of hydrogen-bond acceptors (Lipinski definition) is 5. The van der Waals surface area contributed by atoms with Crippen LogP contribution in [0.1, 0.15) is 16.7 Å². The second-order valence-corrected chi connectivity index (χ2v) is 4.82. The second kappa shape index (κ2) is 7.93. The maximum Gasteiger partial charge on any atom is 0.179 e. The summed E-state index contributed by atoms with van der Waals surface area (Å²) in [5, 5.41) is 9.44. The first-order valence-electron chi connectivity index (χ1n) is 7.23. The predicted octanol–water partition coefficient (Wildman–Crippen LogP) is 3.76. The van der Waals surface area contributed by atoms with Gasteiger partial charge in [-0.2, -0.15) is 5.26 Å². The number of hydrogen-bond donors (Lipinski definition) is 0. The molecule has 0 bridgehead atoms. The molecule has 5 nitrogen and oxygen atoms in total. The molecule has 0 saturated heterocycles. The Morgan fingerprint density at radius 1 is 0.792 bits per heavy atom. The number of methoxy groups -OCH3 is 4. The molecular formula is C19H19NO4. The minimum Gasteiger partial charge on any atom is -0.493 e. The first kappa shape index (κ1) is 17.2. The minimum atomic E-state index is 0.425. The Labute approximate surface area is 141 Å². The molecule has 0 aliphatic carbocycles. The molecule has 0 fully saturated rings. The summed E-state index contributed by atoms with van der Waals surface area (Å²) in [6.07, 6.45) is 3.74. The van der Waals surface area contributed by atoms with Gasteiger partial charge >= 0.3 is 0 Å². The fourth-order valence-electron chi connectivity index (χ4n) is 2.34. The second-order valence-electron chi connectivity index (χ2n) is 4.82. The number of benzene rings is 2. The van der Waals surface area contributed by atoms with E-state index in [1.807, 2.05) is 36.4 Å². The molecule has 24 heavy (non-hydrogen) atoms. The fourth-order valence-corrected chi connectivity index (χ4v) is 2.34. The standard InChI is InChI=1S/C19H19NO4/c1-21-16-9-6-13(11-18(16)23-3)5-7-14-8-10-17(22-2)19(24-4)15(14)12-20/h5-11H,1-4H3. The molecule has 0 heterocycles. The summed E-state index contributed by atoms with van der Waals surface area (Å²) in [5.41, 5.74) is 2.09. The van der Waals surface area contributed by atoms with Gasteiger partial charge in [-0.3, -0.25) is 0 Å². The quantitative estimate of drug-likeness (QED) is 0.757. The van der Waals surface area contributed by atoms with Crippen molar-refractivity contribution in [2.24, 2.45) is 0 Å². The van der Waals surface area contributed by atoms with Crippen LogP contribution >= 0.6 is 0 Å². The Bertz CT molecular complexity index is 791. The van der Waals surface area contributed by atoms with Crippen LogP contribution in [0.15, 0.2) is 30.3 Å². The van der Waals surface area contributed by atoms with Crippen molar-refractivity contribution >= 4 is 12.2 Å². The predicted molar refractivity (Wildman–Crippen MR) is 92.7 cm³/mol. The zero-order valence-corrected chi connectivity index (χ0v) is 14.1. The monoisotopic (exact) mass is 325 g/mol. The summed E-state index contributed by atoms with van der Waals surface area (Å²) in [4.78, 5) is 0. The highest BCUT2D eigenvalue weighted by Crippen LogP contribution is 2.34. The van der Waals surface area contributed by atoms with Gasteiger partial charge in [0, 0.05) is 0 Å². The zero-order valence-electron chi connectivity index (χ0n) is 14.1. The van der Waals surface area contributed by atoms with Gasteiger partial charge in [0.05, 0.1) is 28.4 Å². The van der Waals surface area contributed by atoms with Gasteiger partial charge in [-0.15, -0.1) is 0 Å². The Morgan fingerprint density at radius 2 is 1.46 bits per heavy atom. The molecule has 0 atom stereocenters. The van der Waals surface area contributed by atoms with Gasteiger partial charge in [0.1, 0.15) is 11.6 Å². The van der Waals surface area contributed by atoms with Gasteiger partial charge in [0.2, 0.25) is 0 Å². The van der Waals surface area contributed by atoms with Gasteiger partial charge in [-0.25, -0.2) is 0 Å². The van der Waals surface area contributed by atoms with Crippen LogP contribution in [-0.2, 0) is 0 Å². The molecule has 2 rings (SSSR count). The largest absolute Gasteiger partial charge is 0.493 e. The van der Waals surface area contributed by atoms with Gasteiger partial charge in [0.25, 0.3) is 0 Å². The van der Waals surface area contributed by atoms with Crippen molar-refractivity contribution in [1.29, 1.82) is 5.26 Å². The molecule has 0 unspecified atom stereocenters. The van der Waals surface area contributed by atoms with E-state index in [1.165, 1.54) is 14.2 Å². The van der Waals surface area contributed by atoms with Crippen LogP contribution in [0, 0.1) is 11.3 Å². The average Bonchev–Trinajstić information content (AvgIpc) is 2.64. The highest BCUT2D eigenvalue weighted by Gasteiger charge is 2.13. The lowest BCUT2D eigenvalue weighted by Crippen LogP contribution is -1.95.